The summed E-state index contributed by atoms with van der Waals surface area (Å²) in [7, 11) is 3.14. The van der Waals surface area contributed by atoms with E-state index in [4.69, 9.17) is 18.9 Å². The number of methoxy groups -OCH3 is 2. The van der Waals surface area contributed by atoms with Gasteiger partial charge in [-0.2, -0.15) is 0 Å². The molecule has 3 aliphatic heterocycles. The van der Waals surface area contributed by atoms with Gasteiger partial charge in [-0.05, 0) is 55.8 Å². The maximum atomic E-state index is 13.2. The van der Waals surface area contributed by atoms with Crippen LogP contribution in [-0.4, -0.2) is 93.3 Å². The molecule has 10 nitrogen and oxygen atoms in total. The highest BCUT2D eigenvalue weighted by molar-refractivity contribution is 5.92. The van der Waals surface area contributed by atoms with Gasteiger partial charge in [-0.1, -0.05) is 6.07 Å². The van der Waals surface area contributed by atoms with Crippen molar-refractivity contribution in [2.24, 2.45) is 5.92 Å². The second-order valence-corrected chi connectivity index (χ2v) is 9.96. The van der Waals surface area contributed by atoms with E-state index in [-0.39, 0.29) is 24.5 Å². The number of hydrogen-bond donors (Lipinski definition) is 1. The van der Waals surface area contributed by atoms with Gasteiger partial charge in [0.15, 0.2) is 23.0 Å². The minimum atomic E-state index is -0.0828. The molecule has 0 radical (unpaired) electrons. The molecular formula is C28H36N4O6. The molecule has 2 aromatic rings. The lowest BCUT2D eigenvalue weighted by molar-refractivity contribution is -0.139. The fourth-order valence-corrected chi connectivity index (χ4v) is 5.34. The summed E-state index contributed by atoms with van der Waals surface area (Å²) in [6.45, 7) is 6.10. The van der Waals surface area contributed by atoms with Crippen LogP contribution in [0, 0.1) is 5.92 Å². The molecule has 10 heteroatoms. The molecule has 0 unspecified atom stereocenters. The Morgan fingerprint density at radius 1 is 0.868 bits per heavy atom. The van der Waals surface area contributed by atoms with Crippen molar-refractivity contribution >= 4 is 17.5 Å². The minimum absolute atomic E-state index is 0.0283. The first-order chi connectivity index (χ1) is 18.5. The van der Waals surface area contributed by atoms with Crippen molar-refractivity contribution in [1.29, 1.82) is 0 Å². The van der Waals surface area contributed by atoms with Gasteiger partial charge < -0.3 is 29.2 Å². The first kappa shape index (κ1) is 26.1. The van der Waals surface area contributed by atoms with Gasteiger partial charge in [0, 0.05) is 50.4 Å². The highest BCUT2D eigenvalue weighted by atomic mass is 16.7. The van der Waals surface area contributed by atoms with Gasteiger partial charge in [-0.3, -0.25) is 19.4 Å². The molecule has 0 aliphatic carbocycles. The van der Waals surface area contributed by atoms with Gasteiger partial charge in [0.2, 0.25) is 18.6 Å². The Morgan fingerprint density at radius 3 is 2.34 bits per heavy atom. The molecule has 2 aromatic carbocycles. The molecule has 3 aliphatic rings. The molecule has 0 bridgehead atoms. The Hall–Kier alpha value is -3.50. The molecule has 5 rings (SSSR count). The standard InChI is InChI=1S/C28H36N4O6/c1-35-23-6-4-22(16-25(23)36-2)29-27(33)18-30-9-7-21(8-10-30)28(34)32-13-11-31(12-14-32)17-20-3-5-24-26(15-20)38-19-37-24/h3-6,15-16,21H,7-14,17-19H2,1-2H3,(H,29,33). The topological polar surface area (TPSA) is 92.8 Å². The highest BCUT2D eigenvalue weighted by Gasteiger charge is 2.31. The lowest BCUT2D eigenvalue weighted by Gasteiger charge is -2.38. The average Bonchev–Trinajstić information content (AvgIpc) is 3.41. The third-order valence-corrected chi connectivity index (χ3v) is 7.50. The maximum Gasteiger partial charge on any atom is 0.238 e. The van der Waals surface area contributed by atoms with Crippen molar-refractivity contribution in [3.8, 4) is 23.0 Å². The van der Waals surface area contributed by atoms with E-state index in [2.05, 4.69) is 21.2 Å². The number of likely N-dealkylation sites (tertiary alicyclic amines) is 1. The molecule has 38 heavy (non-hydrogen) atoms. The number of rotatable bonds is 8. The van der Waals surface area contributed by atoms with Gasteiger partial charge in [0.1, 0.15) is 0 Å². The predicted octanol–water partition coefficient (Wildman–Crippen LogP) is 2.43. The molecule has 3 heterocycles. The van der Waals surface area contributed by atoms with Crippen LogP contribution in [0.15, 0.2) is 36.4 Å². The van der Waals surface area contributed by atoms with Crippen LogP contribution in [0.2, 0.25) is 0 Å². The molecule has 0 aromatic heterocycles. The Bertz CT molecular complexity index is 1140. The maximum absolute atomic E-state index is 13.2. The Kier molecular flexibility index (Phi) is 8.19. The van der Waals surface area contributed by atoms with Gasteiger partial charge in [-0.15, -0.1) is 0 Å². The number of carbonyl (C=O) groups excluding carboxylic acids is 2. The van der Waals surface area contributed by atoms with Crippen LogP contribution in [0.5, 0.6) is 23.0 Å². The number of hydrogen-bond acceptors (Lipinski definition) is 8. The van der Waals surface area contributed by atoms with Crippen LogP contribution in [-0.2, 0) is 16.1 Å². The third kappa shape index (κ3) is 6.14. The third-order valence-electron chi connectivity index (χ3n) is 7.50. The second-order valence-electron chi connectivity index (χ2n) is 9.96. The van der Waals surface area contributed by atoms with Crippen molar-refractivity contribution in [3.63, 3.8) is 0 Å². The first-order valence-electron chi connectivity index (χ1n) is 13.2. The summed E-state index contributed by atoms with van der Waals surface area (Å²) in [6, 6.07) is 11.4. The van der Waals surface area contributed by atoms with Gasteiger partial charge in [0.25, 0.3) is 0 Å². The van der Waals surface area contributed by atoms with Crippen molar-refractivity contribution in [1.82, 2.24) is 14.7 Å². The zero-order valence-electron chi connectivity index (χ0n) is 22.1. The molecule has 0 atom stereocenters. The highest BCUT2D eigenvalue weighted by Crippen LogP contribution is 2.33. The summed E-state index contributed by atoms with van der Waals surface area (Å²) in [5.41, 5.74) is 1.85. The second kappa shape index (κ2) is 11.9. The van der Waals surface area contributed by atoms with E-state index in [0.717, 1.165) is 70.2 Å². The number of nitrogens with one attached hydrogen (secondary N) is 1. The summed E-state index contributed by atoms with van der Waals surface area (Å²) >= 11 is 0. The van der Waals surface area contributed by atoms with Crippen molar-refractivity contribution in [2.45, 2.75) is 19.4 Å². The van der Waals surface area contributed by atoms with E-state index >= 15 is 0 Å². The Balaban J connectivity index is 1.03. The van der Waals surface area contributed by atoms with Gasteiger partial charge in [-0.25, -0.2) is 0 Å². The van der Waals surface area contributed by atoms with E-state index < -0.39 is 0 Å². The fourth-order valence-electron chi connectivity index (χ4n) is 5.34. The van der Waals surface area contributed by atoms with E-state index in [1.54, 1.807) is 32.4 Å². The van der Waals surface area contributed by atoms with E-state index in [0.29, 0.717) is 23.7 Å². The van der Waals surface area contributed by atoms with Crippen LogP contribution in [0.4, 0.5) is 5.69 Å². The first-order valence-corrected chi connectivity index (χ1v) is 13.2. The van der Waals surface area contributed by atoms with Crippen LogP contribution < -0.4 is 24.3 Å². The normalized spacial score (nSPS) is 18.3. The number of carbonyl (C=O) groups is 2. The monoisotopic (exact) mass is 524 g/mol. The largest absolute Gasteiger partial charge is 0.493 e. The van der Waals surface area contributed by atoms with Crippen LogP contribution in [0.3, 0.4) is 0 Å². The summed E-state index contributed by atoms with van der Waals surface area (Å²) in [5.74, 6) is 2.99. The average molecular weight is 525 g/mol. The molecule has 204 valence electrons. The SMILES string of the molecule is COc1ccc(NC(=O)CN2CCC(C(=O)N3CCN(Cc4ccc5c(c4)OCO5)CC3)CC2)cc1OC. The van der Waals surface area contributed by atoms with Crippen LogP contribution in [0.25, 0.3) is 0 Å². The summed E-state index contributed by atoms with van der Waals surface area (Å²) < 4.78 is 21.4. The molecule has 2 saturated heterocycles. The van der Waals surface area contributed by atoms with Crippen LogP contribution >= 0.6 is 0 Å². The number of anilines is 1. The molecular weight excluding hydrogens is 488 g/mol. The number of fused-ring (bicyclic) bond motifs is 1. The van der Waals surface area contributed by atoms with Crippen molar-refractivity contribution in [2.75, 3.05) is 72.1 Å². The summed E-state index contributed by atoms with van der Waals surface area (Å²) in [4.78, 5) is 32.3. The van der Waals surface area contributed by atoms with Crippen molar-refractivity contribution < 1.29 is 28.5 Å². The Labute approximate surface area is 223 Å². The zero-order chi connectivity index (χ0) is 26.5. The number of ether oxygens (including phenoxy) is 4. The number of piperazine rings is 1. The van der Waals surface area contributed by atoms with Crippen molar-refractivity contribution in [3.05, 3.63) is 42.0 Å². The quantitative estimate of drug-likeness (QED) is 0.563. The van der Waals surface area contributed by atoms with E-state index in [1.165, 1.54) is 5.56 Å². The molecule has 1 N–H and O–H groups in total. The fraction of sp³-hybridized carbons (Fsp3) is 0.500. The number of amides is 2. The minimum Gasteiger partial charge on any atom is -0.493 e. The molecule has 2 fully saturated rings. The number of benzene rings is 2. The predicted molar refractivity (Wildman–Crippen MR) is 142 cm³/mol. The van der Waals surface area contributed by atoms with E-state index in [1.807, 2.05) is 17.0 Å². The molecule has 0 spiro atoms. The van der Waals surface area contributed by atoms with Crippen LogP contribution in [0.1, 0.15) is 18.4 Å². The lowest BCUT2D eigenvalue weighted by atomic mass is 9.95. The number of nitrogens with zero attached hydrogens (tertiary/aromatic N) is 3. The summed E-state index contributed by atoms with van der Waals surface area (Å²) in [6.07, 6.45) is 1.56. The summed E-state index contributed by atoms with van der Waals surface area (Å²) in [5, 5.41) is 2.93. The molecule has 2 amide bonds. The van der Waals surface area contributed by atoms with Gasteiger partial charge in [0.05, 0.1) is 20.8 Å². The lowest BCUT2D eigenvalue weighted by Crippen LogP contribution is -2.51. The van der Waals surface area contributed by atoms with Gasteiger partial charge >= 0.3 is 0 Å². The smallest absolute Gasteiger partial charge is 0.238 e. The zero-order valence-corrected chi connectivity index (χ0v) is 22.1. The Morgan fingerprint density at radius 2 is 1.61 bits per heavy atom. The molecule has 0 saturated carbocycles. The van der Waals surface area contributed by atoms with E-state index in [9.17, 15) is 9.59 Å². The number of piperidine rings is 1.